The molecule has 2 bridgehead atoms. The van der Waals surface area contributed by atoms with E-state index in [0.29, 0.717) is 5.92 Å². The van der Waals surface area contributed by atoms with Crippen molar-refractivity contribution in [3.05, 3.63) is 67.6 Å². The lowest BCUT2D eigenvalue weighted by atomic mass is 9.73. The Kier molecular flexibility index (Phi) is 7.77. The number of amides is 1. The van der Waals surface area contributed by atoms with E-state index in [1.54, 1.807) is 0 Å². The monoisotopic (exact) mass is 570 g/mol. The minimum Gasteiger partial charge on any atom is -0.343 e. The van der Waals surface area contributed by atoms with Crippen molar-refractivity contribution in [2.75, 3.05) is 6.54 Å². The van der Waals surface area contributed by atoms with Crippen LogP contribution in [0.25, 0.3) is 0 Å². The molecule has 2 N–H and O–H groups in total. The minimum atomic E-state index is -4.69. The number of halogens is 7. The molecule has 1 saturated carbocycles. The van der Waals surface area contributed by atoms with E-state index in [1.807, 2.05) is 24.3 Å². The third kappa shape index (κ3) is 4.92. The van der Waals surface area contributed by atoms with Gasteiger partial charge in [0.15, 0.2) is 0 Å². The molecule has 2 aliphatic rings. The van der Waals surface area contributed by atoms with Gasteiger partial charge >= 0.3 is 6.18 Å². The molecule has 4 rings (SSSR count). The van der Waals surface area contributed by atoms with Gasteiger partial charge in [0.25, 0.3) is 5.91 Å². The van der Waals surface area contributed by atoms with E-state index < -0.39 is 28.7 Å². The number of carbonyl (C=O) groups excluding carboxylic acids is 1. The van der Waals surface area contributed by atoms with Gasteiger partial charge in [-0.15, -0.1) is 12.4 Å². The predicted octanol–water partition coefficient (Wildman–Crippen LogP) is 7.20. The summed E-state index contributed by atoms with van der Waals surface area (Å²) in [5.41, 5.74) is -0.963. The van der Waals surface area contributed by atoms with Gasteiger partial charge in [0.2, 0.25) is 0 Å². The zero-order valence-corrected chi connectivity index (χ0v) is 20.7. The maximum atomic E-state index is 13.3. The summed E-state index contributed by atoms with van der Waals surface area (Å²) in [5.74, 6) is -0.211. The van der Waals surface area contributed by atoms with E-state index in [-0.39, 0.29) is 28.5 Å². The normalized spacial score (nSPS) is 23.4. The highest BCUT2D eigenvalue weighted by Crippen LogP contribution is 2.46. The summed E-state index contributed by atoms with van der Waals surface area (Å²) in [6.07, 6.45) is -0.815. The summed E-state index contributed by atoms with van der Waals surface area (Å²) in [6, 6.07) is 8.96. The average Bonchev–Trinajstić information content (AvgIpc) is 2.99. The number of hydrogen-bond acceptors (Lipinski definition) is 2. The average molecular weight is 573 g/mol. The number of hydrogen-bond donors (Lipinski definition) is 2. The summed E-state index contributed by atoms with van der Waals surface area (Å²) < 4.78 is 40.8. The zero-order valence-electron chi connectivity index (χ0n) is 16.7. The van der Waals surface area contributed by atoms with Crippen LogP contribution in [0.5, 0.6) is 0 Å². The lowest BCUT2D eigenvalue weighted by Crippen LogP contribution is -2.52. The molecule has 0 spiro atoms. The third-order valence-corrected chi connectivity index (χ3v) is 7.47. The second-order valence-electron chi connectivity index (χ2n) is 8.24. The first-order valence-corrected chi connectivity index (χ1v) is 11.5. The predicted molar refractivity (Wildman–Crippen MR) is 126 cm³/mol. The van der Waals surface area contributed by atoms with Gasteiger partial charge < -0.3 is 10.6 Å². The first-order chi connectivity index (χ1) is 14.6. The van der Waals surface area contributed by atoms with Gasteiger partial charge in [0, 0.05) is 10.0 Å². The highest BCUT2D eigenvalue weighted by atomic mass is 79.9. The fourth-order valence-electron chi connectivity index (χ4n) is 4.88. The summed E-state index contributed by atoms with van der Waals surface area (Å²) in [7, 11) is 0. The van der Waals surface area contributed by atoms with Crippen LogP contribution < -0.4 is 10.6 Å². The van der Waals surface area contributed by atoms with Gasteiger partial charge in [0.1, 0.15) is 0 Å². The molecule has 10 heteroatoms. The van der Waals surface area contributed by atoms with Crippen LogP contribution in [0.15, 0.2) is 40.9 Å². The number of alkyl halides is 3. The van der Waals surface area contributed by atoms with Crippen molar-refractivity contribution in [2.45, 2.75) is 43.4 Å². The fraction of sp³-hybridized carbons (Fsp3) is 0.409. The van der Waals surface area contributed by atoms with Crippen molar-refractivity contribution in [1.29, 1.82) is 0 Å². The molecule has 1 aliphatic carbocycles. The Hall–Kier alpha value is -0.990. The topological polar surface area (TPSA) is 41.1 Å². The Morgan fingerprint density at radius 2 is 2.00 bits per heavy atom. The fourth-order valence-corrected chi connectivity index (χ4v) is 5.95. The van der Waals surface area contributed by atoms with Gasteiger partial charge in [-0.25, -0.2) is 0 Å². The molecule has 174 valence electrons. The number of carbonyl (C=O) groups is 1. The summed E-state index contributed by atoms with van der Waals surface area (Å²) in [6.45, 7) is 0.853. The van der Waals surface area contributed by atoms with E-state index >= 15 is 0 Å². The van der Waals surface area contributed by atoms with Gasteiger partial charge in [-0.2, -0.15) is 13.2 Å². The van der Waals surface area contributed by atoms with E-state index in [1.165, 1.54) is 0 Å². The highest BCUT2D eigenvalue weighted by Gasteiger charge is 2.48. The van der Waals surface area contributed by atoms with Crippen LogP contribution in [0, 0.1) is 5.92 Å². The molecule has 2 aromatic rings. The van der Waals surface area contributed by atoms with E-state index in [4.69, 9.17) is 23.2 Å². The van der Waals surface area contributed by atoms with Crippen LogP contribution >= 0.6 is 51.5 Å². The standard InChI is InChI=1S/C22H20BrCl2F3N2O.ClH/c23-14-5-1-4-13(9-14)19(21-8-2-3-12(10-21)11-29-21)30-20(31)17-16(24)7-6-15(18(17)25)22(26,27)28;/h1,4-7,9,12,19,29H,2-3,8,10-11H2,(H,30,31);1H. The summed E-state index contributed by atoms with van der Waals surface area (Å²) >= 11 is 15.6. The first kappa shape index (κ1) is 25.6. The van der Waals surface area contributed by atoms with Crippen molar-refractivity contribution in [2.24, 2.45) is 5.92 Å². The number of fused-ring (bicyclic) bond motifs is 2. The van der Waals surface area contributed by atoms with E-state index in [2.05, 4.69) is 26.6 Å². The van der Waals surface area contributed by atoms with Crippen LogP contribution in [-0.4, -0.2) is 18.0 Å². The lowest BCUT2D eigenvalue weighted by Gasteiger charge is -2.41. The molecule has 3 nitrogen and oxygen atoms in total. The van der Waals surface area contributed by atoms with Crippen molar-refractivity contribution in [3.8, 4) is 0 Å². The van der Waals surface area contributed by atoms with Crippen LogP contribution in [0.4, 0.5) is 13.2 Å². The van der Waals surface area contributed by atoms with Gasteiger partial charge in [0.05, 0.1) is 27.2 Å². The molecule has 1 saturated heterocycles. The van der Waals surface area contributed by atoms with Crippen molar-refractivity contribution in [1.82, 2.24) is 10.6 Å². The molecular formula is C22H21BrCl3F3N2O. The number of rotatable bonds is 4. The minimum absolute atomic E-state index is 0. The second-order valence-corrected chi connectivity index (χ2v) is 9.94. The van der Waals surface area contributed by atoms with Gasteiger partial charge in [-0.05, 0) is 61.6 Å². The Morgan fingerprint density at radius 1 is 1.25 bits per heavy atom. The summed E-state index contributed by atoms with van der Waals surface area (Å²) in [4.78, 5) is 13.3. The van der Waals surface area contributed by atoms with Crippen molar-refractivity contribution in [3.63, 3.8) is 0 Å². The quantitative estimate of drug-likeness (QED) is 0.407. The molecule has 2 fully saturated rings. The zero-order chi connectivity index (χ0) is 22.4. The van der Waals surface area contributed by atoms with E-state index in [0.717, 1.165) is 54.4 Å². The maximum Gasteiger partial charge on any atom is 0.417 e. The Morgan fingerprint density at radius 3 is 2.69 bits per heavy atom. The molecular weight excluding hydrogens is 552 g/mol. The van der Waals surface area contributed by atoms with Crippen molar-refractivity contribution < 1.29 is 18.0 Å². The first-order valence-electron chi connectivity index (χ1n) is 9.97. The van der Waals surface area contributed by atoms with Crippen LogP contribution in [-0.2, 0) is 6.18 Å². The number of benzene rings is 2. The van der Waals surface area contributed by atoms with Crippen molar-refractivity contribution >= 4 is 57.4 Å². The molecule has 32 heavy (non-hydrogen) atoms. The molecule has 1 aliphatic heterocycles. The molecule has 2 aromatic carbocycles. The third-order valence-electron chi connectivity index (χ3n) is 6.26. The molecule has 0 aromatic heterocycles. The molecule has 0 radical (unpaired) electrons. The smallest absolute Gasteiger partial charge is 0.343 e. The molecule has 1 amide bonds. The van der Waals surface area contributed by atoms with Crippen LogP contribution in [0.1, 0.15) is 53.2 Å². The Labute approximate surface area is 209 Å². The molecule has 3 unspecified atom stereocenters. The molecule has 1 heterocycles. The van der Waals surface area contributed by atoms with Gasteiger partial charge in [-0.1, -0.05) is 57.7 Å². The van der Waals surface area contributed by atoms with E-state index in [9.17, 15) is 18.0 Å². The van der Waals surface area contributed by atoms with Gasteiger partial charge in [-0.3, -0.25) is 4.79 Å². The Bertz CT molecular complexity index is 1020. The Balaban J connectivity index is 0.00000289. The lowest BCUT2D eigenvalue weighted by molar-refractivity contribution is -0.137. The largest absolute Gasteiger partial charge is 0.417 e. The second kappa shape index (κ2) is 9.71. The van der Waals surface area contributed by atoms with Crippen LogP contribution in [0.3, 0.4) is 0 Å². The SMILES string of the molecule is Cl.O=C(NC(c1cccc(Br)c1)C12CCCC(CN1)C2)c1c(Cl)ccc(C(F)(F)F)c1Cl. The molecule has 3 atom stereocenters. The highest BCUT2D eigenvalue weighted by molar-refractivity contribution is 9.10. The summed E-state index contributed by atoms with van der Waals surface area (Å²) in [5, 5.41) is 5.75. The van der Waals surface area contributed by atoms with Crippen LogP contribution in [0.2, 0.25) is 10.0 Å². The number of nitrogens with one attached hydrogen (secondary N) is 2. The maximum absolute atomic E-state index is 13.3.